The van der Waals surface area contributed by atoms with Crippen molar-refractivity contribution in [2.24, 2.45) is 0 Å². The van der Waals surface area contributed by atoms with Crippen LogP contribution in [0, 0.1) is 0 Å². The third-order valence-corrected chi connectivity index (χ3v) is 4.13. The van der Waals surface area contributed by atoms with Crippen molar-refractivity contribution in [1.82, 2.24) is 5.32 Å². The lowest BCUT2D eigenvalue weighted by molar-refractivity contribution is -0.137. The molecule has 0 saturated heterocycles. The van der Waals surface area contributed by atoms with Crippen molar-refractivity contribution in [3.63, 3.8) is 0 Å². The predicted molar refractivity (Wildman–Crippen MR) is 107 cm³/mol. The first-order valence-electron chi connectivity index (χ1n) is 8.95. The van der Waals surface area contributed by atoms with E-state index in [0.29, 0.717) is 17.9 Å². The highest BCUT2D eigenvalue weighted by atomic mass is 19.4. The molecule has 0 aliphatic rings. The molecule has 29 heavy (non-hydrogen) atoms. The predicted octanol–water partition coefficient (Wildman–Crippen LogP) is 5.63. The summed E-state index contributed by atoms with van der Waals surface area (Å²) in [5, 5.41) is 5.98. The van der Waals surface area contributed by atoms with Gasteiger partial charge in [0.15, 0.2) is 5.78 Å². The second kappa shape index (κ2) is 9.10. The Hall–Kier alpha value is -3.54. The summed E-state index contributed by atoms with van der Waals surface area (Å²) < 4.78 is 39.0. The highest BCUT2D eigenvalue weighted by molar-refractivity contribution is 6.05. The lowest BCUT2D eigenvalue weighted by atomic mass is 10.1. The molecule has 0 fully saturated rings. The van der Waals surface area contributed by atoms with Gasteiger partial charge in [0.1, 0.15) is 5.82 Å². The fourth-order valence-electron chi connectivity index (χ4n) is 2.67. The molecule has 0 aromatic heterocycles. The van der Waals surface area contributed by atoms with Gasteiger partial charge >= 0.3 is 6.18 Å². The maximum atomic E-state index is 13.0. The van der Waals surface area contributed by atoms with Gasteiger partial charge in [-0.3, -0.25) is 4.79 Å². The monoisotopic (exact) mass is 396 g/mol. The van der Waals surface area contributed by atoms with Crippen LogP contribution in [0.25, 0.3) is 0 Å². The number of carbonyl (C=O) groups excluding carboxylic acids is 1. The molecule has 0 aliphatic carbocycles. The molecule has 0 radical (unpaired) electrons. The van der Waals surface area contributed by atoms with Crippen molar-refractivity contribution in [2.75, 3.05) is 5.32 Å². The normalized spacial score (nSPS) is 11.8. The van der Waals surface area contributed by atoms with Crippen LogP contribution < -0.4 is 10.6 Å². The zero-order chi connectivity index (χ0) is 20.7. The van der Waals surface area contributed by atoms with Gasteiger partial charge in [0.05, 0.1) is 5.56 Å². The Bertz CT molecular complexity index is 984. The molecule has 2 N–H and O–H groups in total. The van der Waals surface area contributed by atoms with E-state index in [2.05, 4.69) is 10.6 Å². The maximum Gasteiger partial charge on any atom is 0.416 e. The fraction of sp³-hybridized carbons (Fsp3) is 0.0870. The van der Waals surface area contributed by atoms with Gasteiger partial charge in [0.25, 0.3) is 0 Å². The average molecular weight is 396 g/mol. The van der Waals surface area contributed by atoms with Gasteiger partial charge in [-0.05, 0) is 23.8 Å². The number of nitrogens with one attached hydrogen (secondary N) is 2. The number of allylic oxidation sites excluding steroid dienone is 1. The molecule has 0 heterocycles. The van der Waals surface area contributed by atoms with E-state index in [-0.39, 0.29) is 11.5 Å². The molecular formula is C23H19F3N2O. The number of hydrogen-bond donors (Lipinski definition) is 2. The molecule has 0 aliphatic heterocycles. The van der Waals surface area contributed by atoms with Gasteiger partial charge in [-0.25, -0.2) is 0 Å². The zero-order valence-corrected chi connectivity index (χ0v) is 15.4. The van der Waals surface area contributed by atoms with Crippen LogP contribution in [0.4, 0.5) is 18.9 Å². The third kappa shape index (κ3) is 5.97. The quantitative estimate of drug-likeness (QED) is 0.402. The van der Waals surface area contributed by atoms with E-state index in [0.717, 1.165) is 17.7 Å². The summed E-state index contributed by atoms with van der Waals surface area (Å²) in [6, 6.07) is 23.0. The topological polar surface area (TPSA) is 41.1 Å². The SMILES string of the molecule is O=C(C=C(NCc1ccccc1)Nc1cccc(C(F)(F)F)c1)c1ccccc1. The standard InChI is InChI=1S/C23H19F3N2O/c24-23(25,26)19-12-7-13-20(14-19)28-22(27-16-17-8-3-1-4-9-17)15-21(29)18-10-5-2-6-11-18/h1-15,27-28H,16H2. The minimum Gasteiger partial charge on any atom is -0.367 e. The van der Waals surface area contributed by atoms with Crippen molar-refractivity contribution in [3.05, 3.63) is 114 Å². The van der Waals surface area contributed by atoms with Crippen LogP contribution in [0.5, 0.6) is 0 Å². The van der Waals surface area contributed by atoms with E-state index in [9.17, 15) is 18.0 Å². The maximum absolute atomic E-state index is 13.0. The second-order valence-electron chi connectivity index (χ2n) is 6.33. The number of anilines is 1. The molecule has 6 heteroatoms. The number of alkyl halides is 3. The molecule has 3 aromatic rings. The molecule has 0 atom stereocenters. The Morgan fingerprint density at radius 2 is 1.52 bits per heavy atom. The Balaban J connectivity index is 1.84. The molecule has 0 bridgehead atoms. The zero-order valence-electron chi connectivity index (χ0n) is 15.4. The van der Waals surface area contributed by atoms with E-state index < -0.39 is 11.7 Å². The first kappa shape index (κ1) is 20.2. The van der Waals surface area contributed by atoms with Crippen molar-refractivity contribution >= 4 is 11.5 Å². The number of carbonyl (C=O) groups is 1. The minimum atomic E-state index is -4.45. The van der Waals surface area contributed by atoms with Gasteiger partial charge in [-0.15, -0.1) is 0 Å². The molecular weight excluding hydrogens is 377 g/mol. The molecule has 0 amide bonds. The molecule has 3 aromatic carbocycles. The molecule has 3 nitrogen and oxygen atoms in total. The van der Waals surface area contributed by atoms with Gasteiger partial charge in [-0.1, -0.05) is 66.7 Å². The van der Waals surface area contributed by atoms with Crippen LogP contribution in [0.2, 0.25) is 0 Å². The van der Waals surface area contributed by atoms with Crippen LogP contribution >= 0.6 is 0 Å². The van der Waals surface area contributed by atoms with Crippen molar-refractivity contribution in [3.8, 4) is 0 Å². The second-order valence-corrected chi connectivity index (χ2v) is 6.33. The summed E-state index contributed by atoms with van der Waals surface area (Å²) in [5.74, 6) is 0.0441. The van der Waals surface area contributed by atoms with E-state index in [1.54, 1.807) is 30.3 Å². The summed E-state index contributed by atoms with van der Waals surface area (Å²) in [6.45, 7) is 0.403. The molecule has 0 spiro atoms. The molecule has 0 unspecified atom stereocenters. The van der Waals surface area contributed by atoms with Crippen molar-refractivity contribution in [2.45, 2.75) is 12.7 Å². The minimum absolute atomic E-state index is 0.229. The number of ketones is 1. The summed E-state index contributed by atoms with van der Waals surface area (Å²) in [7, 11) is 0. The van der Waals surface area contributed by atoms with Crippen LogP contribution in [0.15, 0.2) is 96.8 Å². The number of hydrogen-bond acceptors (Lipinski definition) is 3. The van der Waals surface area contributed by atoms with Gasteiger partial charge in [0.2, 0.25) is 0 Å². The Morgan fingerprint density at radius 1 is 0.862 bits per heavy atom. The summed E-state index contributed by atoms with van der Waals surface area (Å²) in [6.07, 6.45) is -3.10. The van der Waals surface area contributed by atoms with Crippen LogP contribution in [0.3, 0.4) is 0 Å². The van der Waals surface area contributed by atoms with E-state index in [1.807, 2.05) is 30.3 Å². The summed E-state index contributed by atoms with van der Waals surface area (Å²) in [4.78, 5) is 12.5. The highest BCUT2D eigenvalue weighted by Gasteiger charge is 2.30. The fourth-order valence-corrected chi connectivity index (χ4v) is 2.67. The van der Waals surface area contributed by atoms with Gasteiger partial charge in [0, 0.05) is 23.9 Å². The van der Waals surface area contributed by atoms with E-state index in [1.165, 1.54) is 18.2 Å². The van der Waals surface area contributed by atoms with Crippen LogP contribution in [0.1, 0.15) is 21.5 Å². The number of halogens is 3. The Morgan fingerprint density at radius 3 is 2.17 bits per heavy atom. The van der Waals surface area contributed by atoms with Crippen molar-refractivity contribution in [1.29, 1.82) is 0 Å². The molecule has 0 saturated carbocycles. The van der Waals surface area contributed by atoms with Crippen molar-refractivity contribution < 1.29 is 18.0 Å². The van der Waals surface area contributed by atoms with Gasteiger partial charge < -0.3 is 10.6 Å². The van der Waals surface area contributed by atoms with Gasteiger partial charge in [-0.2, -0.15) is 13.2 Å². The smallest absolute Gasteiger partial charge is 0.367 e. The van der Waals surface area contributed by atoms with E-state index >= 15 is 0 Å². The first-order valence-corrected chi connectivity index (χ1v) is 8.95. The Labute approximate surface area is 166 Å². The number of benzene rings is 3. The third-order valence-electron chi connectivity index (χ3n) is 4.13. The summed E-state index contributed by atoms with van der Waals surface area (Å²) in [5.41, 5.74) is 0.917. The Kier molecular flexibility index (Phi) is 6.34. The van der Waals surface area contributed by atoms with Crippen LogP contribution in [-0.4, -0.2) is 5.78 Å². The largest absolute Gasteiger partial charge is 0.416 e. The molecule has 3 rings (SSSR count). The lowest BCUT2D eigenvalue weighted by Gasteiger charge is -2.15. The van der Waals surface area contributed by atoms with Crippen LogP contribution in [-0.2, 0) is 12.7 Å². The number of rotatable bonds is 7. The first-order chi connectivity index (χ1) is 13.9. The lowest BCUT2D eigenvalue weighted by Crippen LogP contribution is -2.21. The average Bonchev–Trinajstić information content (AvgIpc) is 2.73. The highest BCUT2D eigenvalue weighted by Crippen LogP contribution is 2.30. The summed E-state index contributed by atoms with van der Waals surface area (Å²) >= 11 is 0. The molecule has 148 valence electrons. The van der Waals surface area contributed by atoms with E-state index in [4.69, 9.17) is 0 Å².